The summed E-state index contributed by atoms with van der Waals surface area (Å²) in [7, 11) is 0. The highest BCUT2D eigenvalue weighted by molar-refractivity contribution is 14.1. The largest absolute Gasteiger partial charge is 0.487 e. The predicted octanol–water partition coefficient (Wildman–Crippen LogP) is 7.14. The molecule has 1 amide bonds. The van der Waals surface area contributed by atoms with E-state index in [9.17, 15) is 10.1 Å². The van der Waals surface area contributed by atoms with Gasteiger partial charge < -0.3 is 10.1 Å². The highest BCUT2D eigenvalue weighted by atomic mass is 127. The molecule has 4 nitrogen and oxygen atoms in total. The van der Waals surface area contributed by atoms with Crippen LogP contribution in [-0.2, 0) is 11.4 Å². The van der Waals surface area contributed by atoms with Crippen molar-refractivity contribution >= 4 is 67.8 Å². The minimum atomic E-state index is -0.526. The third kappa shape index (κ3) is 6.33. The second kappa shape index (κ2) is 10.8. The molecule has 0 heterocycles. The SMILES string of the molecule is Cc1ccc(COc2c(Br)cc(/C=C(\C#N)C(=O)Nc3ccccc3Cl)cc2I)cc1. The van der Waals surface area contributed by atoms with E-state index in [1.54, 1.807) is 24.3 Å². The Bertz CT molecular complexity index is 1160. The number of para-hydroxylation sites is 1. The Balaban J connectivity index is 1.78. The standard InChI is InChI=1S/C24H17BrClIN2O2/c1-15-6-8-16(9-7-15)14-31-23-19(25)11-17(12-21(23)27)10-18(13-28)24(30)29-22-5-3-2-4-20(22)26/h2-12H,14H2,1H3,(H,29,30)/b18-10+. The lowest BCUT2D eigenvalue weighted by molar-refractivity contribution is -0.112. The third-order valence-electron chi connectivity index (χ3n) is 4.32. The maximum absolute atomic E-state index is 12.5. The summed E-state index contributed by atoms with van der Waals surface area (Å²) in [6.07, 6.45) is 1.53. The fourth-order valence-electron chi connectivity index (χ4n) is 2.71. The van der Waals surface area contributed by atoms with Crippen LogP contribution in [-0.4, -0.2) is 5.91 Å². The smallest absolute Gasteiger partial charge is 0.266 e. The van der Waals surface area contributed by atoms with E-state index in [0.29, 0.717) is 28.6 Å². The number of hydrogen-bond donors (Lipinski definition) is 1. The molecular formula is C24H17BrClIN2O2. The summed E-state index contributed by atoms with van der Waals surface area (Å²) in [4.78, 5) is 12.5. The second-order valence-electron chi connectivity index (χ2n) is 6.69. The van der Waals surface area contributed by atoms with Gasteiger partial charge in [0.05, 0.1) is 18.8 Å². The molecule has 0 aromatic heterocycles. The molecule has 0 fully saturated rings. The molecule has 0 aliphatic heterocycles. The van der Waals surface area contributed by atoms with Crippen molar-refractivity contribution in [3.05, 3.63) is 96.0 Å². The highest BCUT2D eigenvalue weighted by Gasteiger charge is 2.13. The first-order valence-electron chi connectivity index (χ1n) is 9.22. The lowest BCUT2D eigenvalue weighted by Crippen LogP contribution is -2.13. The molecule has 31 heavy (non-hydrogen) atoms. The van der Waals surface area contributed by atoms with Crippen LogP contribution in [0.3, 0.4) is 0 Å². The molecule has 0 atom stereocenters. The van der Waals surface area contributed by atoms with E-state index in [4.69, 9.17) is 16.3 Å². The molecule has 0 bridgehead atoms. The molecule has 0 radical (unpaired) electrons. The molecule has 0 aliphatic carbocycles. The number of anilines is 1. The fourth-order valence-corrected chi connectivity index (χ4v) is 4.66. The maximum atomic E-state index is 12.5. The van der Waals surface area contributed by atoms with Gasteiger partial charge in [-0.05, 0) is 86.9 Å². The Hall–Kier alpha value is -2.34. The second-order valence-corrected chi connectivity index (χ2v) is 9.12. The number of nitriles is 1. The Morgan fingerprint density at radius 3 is 2.58 bits per heavy atom. The Morgan fingerprint density at radius 2 is 1.94 bits per heavy atom. The Kier molecular flexibility index (Phi) is 8.13. The van der Waals surface area contributed by atoms with Crippen molar-refractivity contribution < 1.29 is 9.53 Å². The van der Waals surface area contributed by atoms with Crippen molar-refractivity contribution in [3.8, 4) is 11.8 Å². The van der Waals surface area contributed by atoms with Crippen molar-refractivity contribution in [1.82, 2.24) is 0 Å². The molecule has 3 aromatic rings. The van der Waals surface area contributed by atoms with Crippen LogP contribution in [0.5, 0.6) is 5.75 Å². The lowest BCUT2D eigenvalue weighted by Gasteiger charge is -2.12. The van der Waals surface area contributed by atoms with Crippen molar-refractivity contribution in [2.75, 3.05) is 5.32 Å². The first kappa shape index (κ1) is 23.3. The molecule has 3 aromatic carbocycles. The van der Waals surface area contributed by atoms with Crippen LogP contribution in [0.15, 0.2) is 70.7 Å². The predicted molar refractivity (Wildman–Crippen MR) is 136 cm³/mol. The zero-order chi connectivity index (χ0) is 22.4. The molecule has 3 rings (SSSR count). The van der Waals surface area contributed by atoms with Gasteiger partial charge in [-0.25, -0.2) is 0 Å². The minimum Gasteiger partial charge on any atom is -0.487 e. The van der Waals surface area contributed by atoms with Crippen LogP contribution in [0.4, 0.5) is 5.69 Å². The molecule has 7 heteroatoms. The van der Waals surface area contributed by atoms with Gasteiger partial charge in [-0.2, -0.15) is 5.26 Å². The summed E-state index contributed by atoms with van der Waals surface area (Å²) in [5.74, 6) is 0.179. The topological polar surface area (TPSA) is 62.1 Å². The number of aryl methyl sites for hydroxylation is 1. The van der Waals surface area contributed by atoms with E-state index in [-0.39, 0.29) is 5.57 Å². The van der Waals surface area contributed by atoms with E-state index in [1.165, 1.54) is 11.6 Å². The van der Waals surface area contributed by atoms with Crippen LogP contribution >= 0.6 is 50.1 Å². The number of nitrogens with one attached hydrogen (secondary N) is 1. The van der Waals surface area contributed by atoms with Crippen LogP contribution in [0.25, 0.3) is 6.08 Å². The van der Waals surface area contributed by atoms with Gasteiger partial charge >= 0.3 is 0 Å². The van der Waals surface area contributed by atoms with Gasteiger partial charge in [0.1, 0.15) is 24.0 Å². The summed E-state index contributed by atoms with van der Waals surface area (Å²) in [5.41, 5.74) is 3.38. The average molecular weight is 608 g/mol. The van der Waals surface area contributed by atoms with E-state index < -0.39 is 5.91 Å². The van der Waals surface area contributed by atoms with Gasteiger partial charge in [0.15, 0.2) is 0 Å². The fraction of sp³-hybridized carbons (Fsp3) is 0.0833. The summed E-state index contributed by atoms with van der Waals surface area (Å²) in [6.45, 7) is 2.48. The summed E-state index contributed by atoms with van der Waals surface area (Å²) >= 11 is 11.8. The van der Waals surface area contributed by atoms with Gasteiger partial charge in [0, 0.05) is 0 Å². The molecule has 0 saturated heterocycles. The van der Waals surface area contributed by atoms with Crippen LogP contribution in [0.2, 0.25) is 5.02 Å². The van der Waals surface area contributed by atoms with Crippen LogP contribution in [0, 0.1) is 21.8 Å². The average Bonchev–Trinajstić information content (AvgIpc) is 2.74. The number of carbonyl (C=O) groups is 1. The highest BCUT2D eigenvalue weighted by Crippen LogP contribution is 2.33. The molecule has 0 saturated carbocycles. The summed E-state index contributed by atoms with van der Waals surface area (Å²) < 4.78 is 7.58. The molecule has 0 unspecified atom stereocenters. The molecular weight excluding hydrogens is 591 g/mol. The Morgan fingerprint density at radius 1 is 1.23 bits per heavy atom. The number of halogens is 3. The molecule has 156 valence electrons. The van der Waals surface area contributed by atoms with E-state index in [2.05, 4.69) is 43.8 Å². The van der Waals surface area contributed by atoms with Crippen molar-refractivity contribution in [3.63, 3.8) is 0 Å². The number of carbonyl (C=O) groups excluding carboxylic acids is 1. The van der Waals surface area contributed by atoms with Gasteiger partial charge in [-0.3, -0.25) is 4.79 Å². The first-order chi connectivity index (χ1) is 14.9. The van der Waals surface area contributed by atoms with E-state index >= 15 is 0 Å². The minimum absolute atomic E-state index is 0.0315. The molecule has 0 spiro atoms. The number of ether oxygens (including phenoxy) is 1. The summed E-state index contributed by atoms with van der Waals surface area (Å²) in [5, 5.41) is 12.5. The lowest BCUT2D eigenvalue weighted by atomic mass is 10.1. The maximum Gasteiger partial charge on any atom is 0.266 e. The normalized spacial score (nSPS) is 11.0. The number of nitrogens with zero attached hydrogens (tertiary/aromatic N) is 1. The number of hydrogen-bond acceptors (Lipinski definition) is 3. The van der Waals surface area contributed by atoms with Crippen molar-refractivity contribution in [2.45, 2.75) is 13.5 Å². The number of rotatable bonds is 6. The van der Waals surface area contributed by atoms with E-state index in [1.807, 2.05) is 49.4 Å². The van der Waals surface area contributed by atoms with Crippen molar-refractivity contribution in [1.29, 1.82) is 5.26 Å². The van der Waals surface area contributed by atoms with E-state index in [0.717, 1.165) is 13.6 Å². The van der Waals surface area contributed by atoms with Crippen LogP contribution < -0.4 is 10.1 Å². The quantitative estimate of drug-likeness (QED) is 0.184. The zero-order valence-electron chi connectivity index (χ0n) is 16.5. The van der Waals surface area contributed by atoms with Gasteiger partial charge in [-0.1, -0.05) is 53.6 Å². The Labute approximate surface area is 208 Å². The summed E-state index contributed by atoms with van der Waals surface area (Å²) in [6, 6.07) is 20.6. The monoisotopic (exact) mass is 606 g/mol. The van der Waals surface area contributed by atoms with Gasteiger partial charge in [0.2, 0.25) is 0 Å². The number of amides is 1. The zero-order valence-corrected chi connectivity index (χ0v) is 21.0. The van der Waals surface area contributed by atoms with Gasteiger partial charge in [-0.15, -0.1) is 0 Å². The number of benzene rings is 3. The molecule has 0 aliphatic rings. The van der Waals surface area contributed by atoms with Crippen molar-refractivity contribution in [2.24, 2.45) is 0 Å². The third-order valence-corrected chi connectivity index (χ3v) is 6.04. The van der Waals surface area contributed by atoms with Crippen LogP contribution in [0.1, 0.15) is 16.7 Å². The molecule has 1 N–H and O–H groups in total. The first-order valence-corrected chi connectivity index (χ1v) is 11.5. The van der Waals surface area contributed by atoms with Gasteiger partial charge in [0.25, 0.3) is 5.91 Å².